The van der Waals surface area contributed by atoms with E-state index in [1.165, 1.54) is 128 Å². The SMILES string of the molecule is CCCCCCCCCCCCCCCC(=O)OCCCNCCCCCCCCCC. The first kappa shape index (κ1) is 31.4. The summed E-state index contributed by atoms with van der Waals surface area (Å²) in [5.41, 5.74) is 0. The second-order valence-corrected chi connectivity index (χ2v) is 9.79. The molecule has 192 valence electrons. The molecule has 0 aromatic heterocycles. The van der Waals surface area contributed by atoms with Gasteiger partial charge in [0.25, 0.3) is 0 Å². The summed E-state index contributed by atoms with van der Waals surface area (Å²) in [6, 6.07) is 0. The van der Waals surface area contributed by atoms with Gasteiger partial charge in [0.1, 0.15) is 0 Å². The number of unbranched alkanes of at least 4 members (excludes halogenated alkanes) is 19. The van der Waals surface area contributed by atoms with E-state index in [9.17, 15) is 4.79 Å². The number of ether oxygens (including phenoxy) is 1. The number of esters is 1. The fourth-order valence-corrected chi connectivity index (χ4v) is 4.25. The molecule has 0 fully saturated rings. The van der Waals surface area contributed by atoms with E-state index in [-0.39, 0.29) is 5.97 Å². The van der Waals surface area contributed by atoms with E-state index in [0.29, 0.717) is 13.0 Å². The minimum Gasteiger partial charge on any atom is -0.466 e. The van der Waals surface area contributed by atoms with E-state index in [2.05, 4.69) is 19.2 Å². The van der Waals surface area contributed by atoms with Gasteiger partial charge in [-0.1, -0.05) is 136 Å². The van der Waals surface area contributed by atoms with Crippen LogP contribution in [0.15, 0.2) is 0 Å². The summed E-state index contributed by atoms with van der Waals surface area (Å²) in [5, 5.41) is 3.47. The second-order valence-electron chi connectivity index (χ2n) is 9.79. The monoisotopic (exact) mass is 453 g/mol. The smallest absolute Gasteiger partial charge is 0.305 e. The quantitative estimate of drug-likeness (QED) is 0.0995. The molecule has 0 saturated carbocycles. The zero-order valence-corrected chi connectivity index (χ0v) is 22.2. The molecule has 0 heterocycles. The highest BCUT2D eigenvalue weighted by Gasteiger charge is 2.02. The highest BCUT2D eigenvalue weighted by atomic mass is 16.5. The Balaban J connectivity index is 3.14. The zero-order chi connectivity index (χ0) is 23.4. The first-order chi connectivity index (χ1) is 15.8. The van der Waals surface area contributed by atoms with E-state index >= 15 is 0 Å². The molecule has 0 aromatic carbocycles. The fraction of sp³-hybridized carbons (Fsp3) is 0.966. The van der Waals surface area contributed by atoms with Crippen LogP contribution in [0.4, 0.5) is 0 Å². The van der Waals surface area contributed by atoms with E-state index in [1.807, 2.05) is 0 Å². The molecular formula is C29H59NO2. The number of carbonyl (C=O) groups excluding carboxylic acids is 1. The average Bonchev–Trinajstić information content (AvgIpc) is 2.80. The molecule has 0 aromatic rings. The lowest BCUT2D eigenvalue weighted by Crippen LogP contribution is -2.19. The zero-order valence-electron chi connectivity index (χ0n) is 22.2. The Morgan fingerprint density at radius 1 is 0.500 bits per heavy atom. The van der Waals surface area contributed by atoms with Gasteiger partial charge in [0.15, 0.2) is 0 Å². The topological polar surface area (TPSA) is 38.3 Å². The van der Waals surface area contributed by atoms with Gasteiger partial charge in [-0.3, -0.25) is 4.79 Å². The molecule has 1 N–H and O–H groups in total. The Kier molecular flexibility index (Phi) is 28.0. The first-order valence-electron chi connectivity index (χ1n) is 14.7. The van der Waals surface area contributed by atoms with E-state index in [4.69, 9.17) is 4.74 Å². The Labute approximate surface area is 202 Å². The third-order valence-electron chi connectivity index (χ3n) is 6.45. The van der Waals surface area contributed by atoms with Crippen molar-refractivity contribution in [2.75, 3.05) is 19.7 Å². The van der Waals surface area contributed by atoms with Crippen LogP contribution in [-0.4, -0.2) is 25.7 Å². The summed E-state index contributed by atoms with van der Waals surface area (Å²) in [6.45, 7) is 7.18. The van der Waals surface area contributed by atoms with Crippen molar-refractivity contribution in [1.82, 2.24) is 5.32 Å². The lowest BCUT2D eigenvalue weighted by Gasteiger charge is -2.07. The predicted octanol–water partition coefficient (Wildman–Crippen LogP) is 9.13. The van der Waals surface area contributed by atoms with Gasteiger partial charge in [-0.25, -0.2) is 0 Å². The molecule has 0 bridgehead atoms. The molecule has 0 saturated heterocycles. The summed E-state index contributed by atoms with van der Waals surface area (Å²) in [4.78, 5) is 11.8. The minimum absolute atomic E-state index is 0.00357. The molecule has 3 heteroatoms. The van der Waals surface area contributed by atoms with Crippen LogP contribution in [0.2, 0.25) is 0 Å². The summed E-state index contributed by atoms with van der Waals surface area (Å²) in [5.74, 6) is -0.00357. The fourth-order valence-electron chi connectivity index (χ4n) is 4.25. The van der Waals surface area contributed by atoms with Gasteiger partial charge in [-0.05, 0) is 32.4 Å². The molecule has 0 aliphatic carbocycles. The van der Waals surface area contributed by atoms with Crippen LogP contribution in [0.3, 0.4) is 0 Å². The van der Waals surface area contributed by atoms with Gasteiger partial charge in [-0.2, -0.15) is 0 Å². The Morgan fingerprint density at radius 2 is 0.875 bits per heavy atom. The van der Waals surface area contributed by atoms with Crippen molar-refractivity contribution >= 4 is 5.97 Å². The van der Waals surface area contributed by atoms with Gasteiger partial charge in [0, 0.05) is 6.42 Å². The van der Waals surface area contributed by atoms with Crippen molar-refractivity contribution in [3.8, 4) is 0 Å². The van der Waals surface area contributed by atoms with Crippen LogP contribution in [-0.2, 0) is 9.53 Å². The molecule has 0 aliphatic heterocycles. The van der Waals surface area contributed by atoms with Crippen molar-refractivity contribution in [2.45, 2.75) is 162 Å². The predicted molar refractivity (Wildman–Crippen MR) is 141 cm³/mol. The van der Waals surface area contributed by atoms with Crippen molar-refractivity contribution < 1.29 is 9.53 Å². The maximum absolute atomic E-state index is 11.8. The van der Waals surface area contributed by atoms with Gasteiger partial charge in [-0.15, -0.1) is 0 Å². The average molecular weight is 454 g/mol. The molecule has 0 amide bonds. The molecule has 0 rings (SSSR count). The maximum atomic E-state index is 11.8. The second kappa shape index (κ2) is 28.5. The summed E-state index contributed by atoms with van der Waals surface area (Å²) in [7, 11) is 0. The van der Waals surface area contributed by atoms with Crippen molar-refractivity contribution in [2.24, 2.45) is 0 Å². The van der Waals surface area contributed by atoms with Crippen LogP contribution in [0.1, 0.15) is 162 Å². The van der Waals surface area contributed by atoms with Gasteiger partial charge in [0.2, 0.25) is 0 Å². The first-order valence-corrected chi connectivity index (χ1v) is 14.7. The van der Waals surface area contributed by atoms with Gasteiger partial charge < -0.3 is 10.1 Å². The number of hydrogen-bond donors (Lipinski definition) is 1. The van der Waals surface area contributed by atoms with Crippen LogP contribution in [0.5, 0.6) is 0 Å². The Bertz CT molecular complexity index is 327. The summed E-state index contributed by atoms with van der Waals surface area (Å²) < 4.78 is 5.36. The third-order valence-corrected chi connectivity index (χ3v) is 6.45. The molecule has 32 heavy (non-hydrogen) atoms. The standard InChI is InChI=1S/C29H59NO2/c1-3-5-7-9-11-13-14-15-16-17-18-20-22-25-29(31)32-28-24-27-30-26-23-21-19-12-10-8-6-4-2/h30H,3-28H2,1-2H3. The van der Waals surface area contributed by atoms with Crippen molar-refractivity contribution in [3.05, 3.63) is 0 Å². The number of carbonyl (C=O) groups is 1. The summed E-state index contributed by atoms with van der Waals surface area (Å²) in [6.07, 6.45) is 29.8. The molecular weight excluding hydrogens is 394 g/mol. The highest BCUT2D eigenvalue weighted by molar-refractivity contribution is 5.69. The molecule has 0 aliphatic rings. The molecule has 3 nitrogen and oxygen atoms in total. The van der Waals surface area contributed by atoms with E-state index in [0.717, 1.165) is 25.9 Å². The lowest BCUT2D eigenvalue weighted by atomic mass is 10.0. The molecule has 0 atom stereocenters. The largest absolute Gasteiger partial charge is 0.466 e. The van der Waals surface area contributed by atoms with E-state index in [1.54, 1.807) is 0 Å². The number of nitrogens with one attached hydrogen (secondary N) is 1. The van der Waals surface area contributed by atoms with Crippen LogP contribution in [0.25, 0.3) is 0 Å². The summed E-state index contributed by atoms with van der Waals surface area (Å²) >= 11 is 0. The van der Waals surface area contributed by atoms with Crippen LogP contribution in [0, 0.1) is 0 Å². The normalized spacial score (nSPS) is 11.2. The Morgan fingerprint density at radius 3 is 1.34 bits per heavy atom. The maximum Gasteiger partial charge on any atom is 0.305 e. The lowest BCUT2D eigenvalue weighted by molar-refractivity contribution is -0.143. The third kappa shape index (κ3) is 27.5. The highest BCUT2D eigenvalue weighted by Crippen LogP contribution is 2.13. The van der Waals surface area contributed by atoms with Crippen LogP contribution < -0.4 is 5.32 Å². The number of rotatable bonds is 27. The minimum atomic E-state index is -0.00357. The van der Waals surface area contributed by atoms with Crippen LogP contribution >= 0.6 is 0 Å². The van der Waals surface area contributed by atoms with Crippen molar-refractivity contribution in [3.63, 3.8) is 0 Å². The number of hydrogen-bond acceptors (Lipinski definition) is 3. The van der Waals surface area contributed by atoms with Gasteiger partial charge in [0.05, 0.1) is 6.61 Å². The van der Waals surface area contributed by atoms with Crippen molar-refractivity contribution in [1.29, 1.82) is 0 Å². The molecule has 0 unspecified atom stereocenters. The molecule has 0 radical (unpaired) electrons. The van der Waals surface area contributed by atoms with Gasteiger partial charge >= 0.3 is 5.97 Å². The molecule has 0 spiro atoms. The van der Waals surface area contributed by atoms with E-state index < -0.39 is 0 Å². The Hall–Kier alpha value is -0.570.